The van der Waals surface area contributed by atoms with Gasteiger partial charge in [0.1, 0.15) is 10.6 Å². The zero-order valence-corrected chi connectivity index (χ0v) is 15.1. The highest BCUT2D eigenvalue weighted by atomic mass is 32.2. The molecule has 6 heteroatoms. The molecule has 0 saturated carbocycles. The van der Waals surface area contributed by atoms with E-state index in [0.717, 1.165) is 11.1 Å². The second-order valence-corrected chi connectivity index (χ2v) is 7.85. The predicted molar refractivity (Wildman–Crippen MR) is 98.7 cm³/mol. The summed E-state index contributed by atoms with van der Waals surface area (Å²) in [7, 11) is -3.64. The smallest absolute Gasteiger partial charge is 0.244 e. The Bertz CT molecular complexity index is 933. The van der Waals surface area contributed by atoms with E-state index in [1.165, 1.54) is 0 Å². The fourth-order valence-electron chi connectivity index (χ4n) is 2.62. The van der Waals surface area contributed by atoms with Crippen molar-refractivity contribution in [1.29, 1.82) is 0 Å². The van der Waals surface area contributed by atoms with Gasteiger partial charge in [-0.2, -0.15) is 5.10 Å². The van der Waals surface area contributed by atoms with Crippen molar-refractivity contribution < 1.29 is 8.42 Å². The predicted octanol–water partition coefficient (Wildman–Crippen LogP) is 3.29. The van der Waals surface area contributed by atoms with Gasteiger partial charge in [-0.25, -0.2) is 13.1 Å². The molecule has 0 amide bonds. The first kappa shape index (κ1) is 17.4. The van der Waals surface area contributed by atoms with Crippen molar-refractivity contribution in [3.63, 3.8) is 0 Å². The second kappa shape index (κ2) is 7.21. The fraction of sp³-hybridized carbons (Fsp3) is 0.211. The van der Waals surface area contributed by atoms with Crippen LogP contribution in [-0.4, -0.2) is 24.2 Å². The molecule has 0 radical (unpaired) electrons. The number of aromatic nitrogens is 2. The van der Waals surface area contributed by atoms with Crippen LogP contribution in [0.4, 0.5) is 0 Å². The van der Waals surface area contributed by atoms with Crippen LogP contribution in [0.1, 0.15) is 19.4 Å². The van der Waals surface area contributed by atoms with Crippen LogP contribution in [0.3, 0.4) is 0 Å². The number of nitrogens with one attached hydrogen (secondary N) is 1. The topological polar surface area (TPSA) is 64.0 Å². The third-order valence-electron chi connectivity index (χ3n) is 3.64. The molecule has 0 unspecified atom stereocenters. The number of benzene rings is 2. The molecule has 1 aromatic heterocycles. The van der Waals surface area contributed by atoms with E-state index in [9.17, 15) is 8.42 Å². The molecular formula is C19H21N3O2S. The SMILES string of the molecule is CC(C)NS(=O)(=O)c1cn(Cc2ccccc2)nc1-c1ccccc1. The average molecular weight is 355 g/mol. The standard InChI is InChI=1S/C19H21N3O2S/c1-15(2)21-25(23,24)18-14-22(13-16-9-5-3-6-10-16)20-19(18)17-11-7-4-8-12-17/h3-12,14-15,21H,13H2,1-2H3. The van der Waals surface area contributed by atoms with Crippen LogP contribution in [0.15, 0.2) is 71.8 Å². The summed E-state index contributed by atoms with van der Waals surface area (Å²) in [6.45, 7) is 4.11. The molecule has 0 bridgehead atoms. The molecular weight excluding hydrogens is 334 g/mol. The molecule has 130 valence electrons. The van der Waals surface area contributed by atoms with Crippen molar-refractivity contribution in [3.05, 3.63) is 72.4 Å². The maximum Gasteiger partial charge on any atom is 0.244 e. The molecule has 0 aliphatic rings. The van der Waals surface area contributed by atoms with E-state index in [0.29, 0.717) is 12.2 Å². The Morgan fingerprint density at radius 2 is 1.60 bits per heavy atom. The Balaban J connectivity index is 2.06. The van der Waals surface area contributed by atoms with Crippen LogP contribution in [0, 0.1) is 0 Å². The van der Waals surface area contributed by atoms with Crippen LogP contribution in [0.5, 0.6) is 0 Å². The monoisotopic (exact) mass is 355 g/mol. The quantitative estimate of drug-likeness (QED) is 0.738. The van der Waals surface area contributed by atoms with Gasteiger partial charge >= 0.3 is 0 Å². The maximum atomic E-state index is 12.7. The number of hydrogen-bond donors (Lipinski definition) is 1. The van der Waals surface area contributed by atoms with Gasteiger partial charge in [0, 0.05) is 17.8 Å². The Labute approximate surface area is 148 Å². The molecule has 2 aromatic carbocycles. The average Bonchev–Trinajstić information content (AvgIpc) is 3.00. The molecule has 1 heterocycles. The second-order valence-electron chi connectivity index (χ2n) is 6.17. The van der Waals surface area contributed by atoms with Gasteiger partial charge < -0.3 is 0 Å². The van der Waals surface area contributed by atoms with E-state index in [4.69, 9.17) is 0 Å². The first-order valence-electron chi connectivity index (χ1n) is 8.15. The fourth-order valence-corrected chi connectivity index (χ4v) is 4.04. The maximum absolute atomic E-state index is 12.7. The minimum absolute atomic E-state index is 0.189. The number of hydrogen-bond acceptors (Lipinski definition) is 3. The minimum Gasteiger partial charge on any atom is -0.266 e. The largest absolute Gasteiger partial charge is 0.266 e. The lowest BCUT2D eigenvalue weighted by molar-refractivity contribution is 0.569. The van der Waals surface area contributed by atoms with Crippen molar-refractivity contribution in [1.82, 2.24) is 14.5 Å². The van der Waals surface area contributed by atoms with E-state index in [1.54, 1.807) is 24.7 Å². The molecule has 0 fully saturated rings. The van der Waals surface area contributed by atoms with Crippen LogP contribution < -0.4 is 4.72 Å². The van der Waals surface area contributed by atoms with E-state index < -0.39 is 10.0 Å². The molecule has 0 saturated heterocycles. The Morgan fingerprint density at radius 1 is 1.00 bits per heavy atom. The highest BCUT2D eigenvalue weighted by Gasteiger charge is 2.24. The number of nitrogens with zero attached hydrogens (tertiary/aromatic N) is 2. The molecule has 0 aliphatic carbocycles. The van der Waals surface area contributed by atoms with Crippen molar-refractivity contribution in [3.8, 4) is 11.3 Å². The molecule has 0 spiro atoms. The van der Waals surface area contributed by atoms with Gasteiger partial charge in [0.15, 0.2) is 0 Å². The van der Waals surface area contributed by atoms with Crippen LogP contribution in [0.2, 0.25) is 0 Å². The summed E-state index contributed by atoms with van der Waals surface area (Å²) in [5.74, 6) is 0. The van der Waals surface area contributed by atoms with Crippen LogP contribution in [0.25, 0.3) is 11.3 Å². The molecule has 3 aromatic rings. The number of rotatable bonds is 6. The highest BCUT2D eigenvalue weighted by molar-refractivity contribution is 7.89. The first-order valence-corrected chi connectivity index (χ1v) is 9.63. The summed E-state index contributed by atoms with van der Waals surface area (Å²) in [5, 5.41) is 4.55. The van der Waals surface area contributed by atoms with Gasteiger partial charge in [0.05, 0.1) is 6.54 Å². The molecule has 5 nitrogen and oxygen atoms in total. The zero-order valence-electron chi connectivity index (χ0n) is 14.3. The van der Waals surface area contributed by atoms with Gasteiger partial charge in [0.2, 0.25) is 10.0 Å². The summed E-state index contributed by atoms with van der Waals surface area (Å²) in [4.78, 5) is 0.198. The highest BCUT2D eigenvalue weighted by Crippen LogP contribution is 2.26. The summed E-state index contributed by atoms with van der Waals surface area (Å²) >= 11 is 0. The first-order chi connectivity index (χ1) is 12.0. The molecule has 25 heavy (non-hydrogen) atoms. The Hall–Kier alpha value is -2.44. The van der Waals surface area contributed by atoms with E-state index in [2.05, 4.69) is 9.82 Å². The van der Waals surface area contributed by atoms with E-state index >= 15 is 0 Å². The normalized spacial score (nSPS) is 11.8. The molecule has 3 rings (SSSR count). The van der Waals surface area contributed by atoms with Crippen LogP contribution in [-0.2, 0) is 16.6 Å². The van der Waals surface area contributed by atoms with Crippen molar-refractivity contribution >= 4 is 10.0 Å². The third kappa shape index (κ3) is 4.15. The summed E-state index contributed by atoms with van der Waals surface area (Å²) < 4.78 is 29.8. The Morgan fingerprint density at radius 3 is 2.20 bits per heavy atom. The summed E-state index contributed by atoms with van der Waals surface area (Å²) in [5.41, 5.74) is 2.30. The summed E-state index contributed by atoms with van der Waals surface area (Å²) in [6, 6.07) is 19.0. The third-order valence-corrected chi connectivity index (χ3v) is 5.30. The van der Waals surface area contributed by atoms with Crippen molar-refractivity contribution in [2.45, 2.75) is 31.3 Å². The lowest BCUT2D eigenvalue weighted by Crippen LogP contribution is -2.30. The van der Waals surface area contributed by atoms with E-state index in [-0.39, 0.29) is 10.9 Å². The molecule has 1 N–H and O–H groups in total. The minimum atomic E-state index is -3.64. The van der Waals surface area contributed by atoms with Gasteiger partial charge in [-0.05, 0) is 19.4 Å². The molecule has 0 atom stereocenters. The zero-order chi connectivity index (χ0) is 17.9. The van der Waals surface area contributed by atoms with Crippen molar-refractivity contribution in [2.24, 2.45) is 0 Å². The van der Waals surface area contributed by atoms with Gasteiger partial charge in [-0.15, -0.1) is 0 Å². The Kier molecular flexibility index (Phi) is 5.01. The van der Waals surface area contributed by atoms with Crippen molar-refractivity contribution in [2.75, 3.05) is 0 Å². The van der Waals surface area contributed by atoms with Gasteiger partial charge in [-0.3, -0.25) is 4.68 Å². The summed E-state index contributed by atoms with van der Waals surface area (Å²) in [6.07, 6.45) is 1.60. The lowest BCUT2D eigenvalue weighted by atomic mass is 10.2. The number of sulfonamides is 1. The van der Waals surface area contributed by atoms with Crippen LogP contribution >= 0.6 is 0 Å². The lowest BCUT2D eigenvalue weighted by Gasteiger charge is -2.09. The van der Waals surface area contributed by atoms with Gasteiger partial charge in [-0.1, -0.05) is 60.7 Å². The van der Waals surface area contributed by atoms with Gasteiger partial charge in [0.25, 0.3) is 0 Å². The molecule has 0 aliphatic heterocycles. The van der Waals surface area contributed by atoms with E-state index in [1.807, 2.05) is 60.7 Å².